The third-order valence-corrected chi connectivity index (χ3v) is 5.55. The number of benzene rings is 3. The van der Waals surface area contributed by atoms with Crippen LogP contribution in [0.4, 0.5) is 5.69 Å². The van der Waals surface area contributed by atoms with E-state index in [1.54, 1.807) is 24.3 Å². The summed E-state index contributed by atoms with van der Waals surface area (Å²) in [4.78, 5) is 45.7. The van der Waals surface area contributed by atoms with Crippen LogP contribution in [0.3, 0.4) is 0 Å². The fraction of sp³-hybridized carbons (Fsp3) is 0.0435. The first kappa shape index (κ1) is 19.0. The molecule has 2 N–H and O–H groups in total. The van der Waals surface area contributed by atoms with Gasteiger partial charge in [-0.2, -0.15) is 0 Å². The average Bonchev–Trinajstić information content (AvgIpc) is 3.28. The summed E-state index contributed by atoms with van der Waals surface area (Å²) in [6.45, 7) is 0. The molecule has 0 spiro atoms. The Labute approximate surface area is 181 Å². The van der Waals surface area contributed by atoms with Crippen molar-refractivity contribution < 1.29 is 14.4 Å². The van der Waals surface area contributed by atoms with Gasteiger partial charge in [0.2, 0.25) is 0 Å². The van der Waals surface area contributed by atoms with Crippen LogP contribution in [0.5, 0.6) is 0 Å². The second kappa shape index (κ2) is 7.07. The van der Waals surface area contributed by atoms with E-state index < -0.39 is 5.91 Å². The Balaban J connectivity index is 1.42. The number of H-pyrrole nitrogens is 1. The van der Waals surface area contributed by atoms with Gasteiger partial charge in [-0.15, -0.1) is 0 Å². The zero-order valence-corrected chi connectivity index (χ0v) is 17.0. The first-order valence-electron chi connectivity index (χ1n) is 9.45. The molecule has 3 amide bonds. The number of nitrogens with zero attached hydrogens (tertiary/aromatic N) is 2. The number of imidazole rings is 1. The number of nitrogens with one attached hydrogen (secondary N) is 2. The number of imide groups is 1. The average molecular weight is 431 g/mol. The van der Waals surface area contributed by atoms with Crippen LogP contribution in [0.2, 0.25) is 5.02 Å². The van der Waals surface area contributed by atoms with Gasteiger partial charge in [0.1, 0.15) is 5.82 Å². The maximum Gasteiger partial charge on any atom is 0.261 e. The molecule has 4 aromatic rings. The highest BCUT2D eigenvalue weighted by atomic mass is 35.5. The first-order chi connectivity index (χ1) is 14.9. The summed E-state index contributed by atoms with van der Waals surface area (Å²) < 4.78 is 0. The summed E-state index contributed by atoms with van der Waals surface area (Å²) >= 11 is 6.26. The van der Waals surface area contributed by atoms with Crippen molar-refractivity contribution in [2.75, 3.05) is 12.4 Å². The van der Waals surface area contributed by atoms with Gasteiger partial charge in [-0.05, 0) is 48.5 Å². The summed E-state index contributed by atoms with van der Waals surface area (Å²) in [7, 11) is 1.42. The molecule has 152 valence electrons. The fourth-order valence-corrected chi connectivity index (χ4v) is 3.80. The fourth-order valence-electron chi connectivity index (χ4n) is 3.57. The Morgan fingerprint density at radius 2 is 1.74 bits per heavy atom. The van der Waals surface area contributed by atoms with Gasteiger partial charge in [0.15, 0.2) is 0 Å². The lowest BCUT2D eigenvalue weighted by molar-refractivity contribution is 0.0693. The van der Waals surface area contributed by atoms with E-state index in [0.717, 1.165) is 21.5 Å². The number of halogens is 1. The molecule has 0 unspecified atom stereocenters. The van der Waals surface area contributed by atoms with Crippen LogP contribution < -0.4 is 5.32 Å². The Morgan fingerprint density at radius 1 is 0.968 bits per heavy atom. The molecule has 3 aromatic carbocycles. The lowest BCUT2D eigenvalue weighted by Gasteiger charge is -2.06. The van der Waals surface area contributed by atoms with E-state index in [2.05, 4.69) is 15.3 Å². The van der Waals surface area contributed by atoms with E-state index >= 15 is 0 Å². The SMILES string of the molecule is CN1C(=O)c2ccc(C(=O)Nc3ccc4nc(-c5ccccc5Cl)[nH]c4c3)cc2C1=O. The van der Waals surface area contributed by atoms with Crippen LogP contribution in [0.1, 0.15) is 31.1 Å². The lowest BCUT2D eigenvalue weighted by Crippen LogP contribution is -2.24. The van der Waals surface area contributed by atoms with Gasteiger partial charge in [-0.1, -0.05) is 23.7 Å². The number of hydrogen-bond acceptors (Lipinski definition) is 4. The van der Waals surface area contributed by atoms with E-state index in [1.165, 1.54) is 25.2 Å². The van der Waals surface area contributed by atoms with Gasteiger partial charge >= 0.3 is 0 Å². The van der Waals surface area contributed by atoms with E-state index in [0.29, 0.717) is 22.1 Å². The normalized spacial score (nSPS) is 13.0. The summed E-state index contributed by atoms with van der Waals surface area (Å²) in [5, 5.41) is 3.40. The topological polar surface area (TPSA) is 95.2 Å². The summed E-state index contributed by atoms with van der Waals surface area (Å²) in [6, 6.07) is 17.2. The Hall–Kier alpha value is -3.97. The zero-order chi connectivity index (χ0) is 21.7. The van der Waals surface area contributed by atoms with Crippen LogP contribution in [0, 0.1) is 0 Å². The summed E-state index contributed by atoms with van der Waals surface area (Å²) in [5.41, 5.74) is 3.64. The number of amides is 3. The Morgan fingerprint density at radius 3 is 2.55 bits per heavy atom. The number of aromatic amines is 1. The van der Waals surface area contributed by atoms with Crippen molar-refractivity contribution in [3.05, 3.63) is 82.4 Å². The predicted octanol–water partition coefficient (Wildman–Crippen LogP) is 4.36. The molecule has 0 fully saturated rings. The van der Waals surface area contributed by atoms with Gasteiger partial charge in [0.25, 0.3) is 17.7 Å². The molecule has 0 bridgehead atoms. The van der Waals surface area contributed by atoms with Gasteiger partial charge in [-0.3, -0.25) is 19.3 Å². The van der Waals surface area contributed by atoms with E-state index in [4.69, 9.17) is 11.6 Å². The number of hydrogen-bond donors (Lipinski definition) is 2. The maximum absolute atomic E-state index is 12.7. The molecule has 31 heavy (non-hydrogen) atoms. The minimum atomic E-state index is -0.416. The van der Waals surface area contributed by atoms with Crippen molar-refractivity contribution in [2.45, 2.75) is 0 Å². The van der Waals surface area contributed by atoms with Gasteiger partial charge in [-0.25, -0.2) is 4.98 Å². The summed E-state index contributed by atoms with van der Waals surface area (Å²) in [5.74, 6) is -0.538. The van der Waals surface area contributed by atoms with Crippen molar-refractivity contribution >= 4 is 46.0 Å². The van der Waals surface area contributed by atoms with Gasteiger partial charge in [0, 0.05) is 23.9 Å². The number of carbonyl (C=O) groups excluding carboxylic acids is 3. The van der Waals surface area contributed by atoms with Crippen LogP contribution in [-0.4, -0.2) is 39.6 Å². The largest absolute Gasteiger partial charge is 0.338 e. The van der Waals surface area contributed by atoms with Crippen LogP contribution in [-0.2, 0) is 0 Å². The molecule has 0 atom stereocenters. The standard InChI is InChI=1S/C23H15ClN4O3/c1-28-22(30)14-8-6-12(10-16(14)23(28)31)21(29)25-13-7-9-18-19(11-13)27-20(26-18)15-4-2-3-5-17(15)24/h2-11H,1H3,(H,25,29)(H,26,27). The molecule has 7 nitrogen and oxygen atoms in total. The van der Waals surface area contributed by atoms with Gasteiger partial charge in [0.05, 0.1) is 27.2 Å². The smallest absolute Gasteiger partial charge is 0.261 e. The van der Waals surface area contributed by atoms with Crippen molar-refractivity contribution in [1.82, 2.24) is 14.9 Å². The minimum absolute atomic E-state index is 0.230. The first-order valence-corrected chi connectivity index (χ1v) is 9.82. The minimum Gasteiger partial charge on any atom is -0.338 e. The van der Waals surface area contributed by atoms with Crippen LogP contribution >= 0.6 is 11.6 Å². The van der Waals surface area contributed by atoms with E-state index in [9.17, 15) is 14.4 Å². The Kier molecular flexibility index (Phi) is 4.34. The highest BCUT2D eigenvalue weighted by Crippen LogP contribution is 2.28. The van der Waals surface area contributed by atoms with Crippen molar-refractivity contribution in [1.29, 1.82) is 0 Å². The number of rotatable bonds is 3. The Bertz CT molecular complexity index is 1410. The van der Waals surface area contributed by atoms with Crippen LogP contribution in [0.15, 0.2) is 60.7 Å². The second-order valence-corrected chi connectivity index (χ2v) is 7.59. The number of carbonyl (C=O) groups is 3. The zero-order valence-electron chi connectivity index (χ0n) is 16.3. The van der Waals surface area contributed by atoms with Crippen molar-refractivity contribution in [3.8, 4) is 11.4 Å². The molecule has 1 aliphatic rings. The highest BCUT2D eigenvalue weighted by Gasteiger charge is 2.33. The molecule has 1 aliphatic heterocycles. The maximum atomic E-state index is 12.7. The number of aromatic nitrogens is 2. The number of anilines is 1. The van der Waals surface area contributed by atoms with Gasteiger partial charge < -0.3 is 10.3 Å². The molecule has 8 heteroatoms. The molecule has 0 aliphatic carbocycles. The molecular weight excluding hydrogens is 416 g/mol. The molecule has 0 radical (unpaired) electrons. The molecule has 5 rings (SSSR count). The number of fused-ring (bicyclic) bond motifs is 2. The monoisotopic (exact) mass is 430 g/mol. The van der Waals surface area contributed by atoms with Crippen molar-refractivity contribution in [2.24, 2.45) is 0 Å². The molecule has 0 saturated heterocycles. The quantitative estimate of drug-likeness (QED) is 0.472. The molecule has 0 saturated carbocycles. The lowest BCUT2D eigenvalue weighted by atomic mass is 10.1. The van der Waals surface area contributed by atoms with E-state index in [-0.39, 0.29) is 22.9 Å². The molecular formula is C23H15ClN4O3. The van der Waals surface area contributed by atoms with Crippen molar-refractivity contribution in [3.63, 3.8) is 0 Å². The molecule has 2 heterocycles. The van der Waals surface area contributed by atoms with E-state index in [1.807, 2.05) is 18.2 Å². The third kappa shape index (κ3) is 3.15. The molecule has 1 aromatic heterocycles. The second-order valence-electron chi connectivity index (χ2n) is 7.18. The predicted molar refractivity (Wildman–Crippen MR) is 117 cm³/mol. The highest BCUT2D eigenvalue weighted by molar-refractivity contribution is 6.33. The summed E-state index contributed by atoms with van der Waals surface area (Å²) in [6.07, 6.45) is 0. The third-order valence-electron chi connectivity index (χ3n) is 5.22. The van der Waals surface area contributed by atoms with Crippen LogP contribution in [0.25, 0.3) is 22.4 Å².